The minimum Gasteiger partial charge on any atom is -0.322 e. The van der Waals surface area contributed by atoms with Crippen LogP contribution in [0.25, 0.3) is 22.2 Å². The minimum atomic E-state index is -0.462. The Hall–Kier alpha value is -3.77. The second kappa shape index (κ2) is 8.16. The zero-order chi connectivity index (χ0) is 22.1. The summed E-state index contributed by atoms with van der Waals surface area (Å²) in [5.41, 5.74) is 4.21. The third-order valence-electron chi connectivity index (χ3n) is 5.14. The third-order valence-corrected chi connectivity index (χ3v) is 5.40. The van der Waals surface area contributed by atoms with Crippen LogP contribution in [-0.2, 0) is 0 Å². The summed E-state index contributed by atoms with van der Waals surface area (Å²) in [4.78, 5) is 28.9. The second-order valence-corrected chi connectivity index (χ2v) is 7.63. The van der Waals surface area contributed by atoms with E-state index in [-0.39, 0.29) is 11.6 Å². The van der Waals surface area contributed by atoms with Gasteiger partial charge < -0.3 is 5.32 Å². The number of carbonyl (C=O) groups excluding carboxylic acids is 1. The number of nitro groups is 1. The lowest BCUT2D eigenvalue weighted by Gasteiger charge is -2.15. The first-order valence-electron chi connectivity index (χ1n) is 9.57. The van der Waals surface area contributed by atoms with Crippen LogP contribution in [0.4, 0.5) is 11.4 Å². The molecule has 0 aliphatic heterocycles. The molecule has 1 N–H and O–H groups in total. The van der Waals surface area contributed by atoms with Gasteiger partial charge in [0.2, 0.25) is 0 Å². The predicted molar refractivity (Wildman–Crippen MR) is 123 cm³/mol. The highest BCUT2D eigenvalue weighted by Gasteiger charge is 2.20. The summed E-state index contributed by atoms with van der Waals surface area (Å²) < 4.78 is 0. The number of anilines is 1. The van der Waals surface area contributed by atoms with Gasteiger partial charge in [-0.1, -0.05) is 48.0 Å². The van der Waals surface area contributed by atoms with Gasteiger partial charge in [-0.2, -0.15) is 0 Å². The van der Waals surface area contributed by atoms with Gasteiger partial charge in [-0.15, -0.1) is 0 Å². The topological polar surface area (TPSA) is 85.1 Å². The fourth-order valence-corrected chi connectivity index (χ4v) is 3.69. The molecule has 0 saturated heterocycles. The van der Waals surface area contributed by atoms with Crippen LogP contribution in [0.5, 0.6) is 0 Å². The first-order chi connectivity index (χ1) is 14.8. The van der Waals surface area contributed by atoms with E-state index in [1.165, 1.54) is 6.07 Å². The van der Waals surface area contributed by atoms with Crippen LogP contribution in [0.3, 0.4) is 0 Å². The van der Waals surface area contributed by atoms with Crippen molar-refractivity contribution in [3.05, 3.63) is 98.6 Å². The van der Waals surface area contributed by atoms with Crippen molar-refractivity contribution in [2.24, 2.45) is 0 Å². The van der Waals surface area contributed by atoms with E-state index in [2.05, 4.69) is 5.32 Å². The molecular weight excluding hydrogens is 414 g/mol. The van der Waals surface area contributed by atoms with Gasteiger partial charge in [0.05, 0.1) is 21.7 Å². The number of aryl methyl sites for hydroxylation is 1. The average molecular weight is 432 g/mol. The summed E-state index contributed by atoms with van der Waals surface area (Å²) >= 11 is 6.02. The van der Waals surface area contributed by atoms with Crippen molar-refractivity contribution < 1.29 is 9.72 Å². The van der Waals surface area contributed by atoms with Crippen LogP contribution < -0.4 is 5.32 Å². The van der Waals surface area contributed by atoms with E-state index >= 15 is 0 Å². The molecular formula is C24H18ClN3O3. The van der Waals surface area contributed by atoms with E-state index in [1.807, 2.05) is 43.3 Å². The average Bonchev–Trinajstić information content (AvgIpc) is 2.75. The number of rotatable bonds is 4. The van der Waals surface area contributed by atoms with Gasteiger partial charge >= 0.3 is 0 Å². The van der Waals surface area contributed by atoms with Crippen molar-refractivity contribution in [2.45, 2.75) is 13.8 Å². The normalized spacial score (nSPS) is 10.8. The van der Waals surface area contributed by atoms with Crippen molar-refractivity contribution in [3.63, 3.8) is 0 Å². The lowest BCUT2D eigenvalue weighted by atomic mass is 9.97. The number of halogens is 1. The number of fused-ring (bicyclic) bond motifs is 1. The number of hydrogen-bond donors (Lipinski definition) is 1. The Labute approximate surface area is 183 Å². The Morgan fingerprint density at radius 3 is 2.45 bits per heavy atom. The van der Waals surface area contributed by atoms with Gasteiger partial charge in [0.1, 0.15) is 0 Å². The van der Waals surface area contributed by atoms with Crippen LogP contribution in [0.2, 0.25) is 5.02 Å². The fraction of sp³-hybridized carbons (Fsp3) is 0.0833. The summed E-state index contributed by atoms with van der Waals surface area (Å²) in [5, 5.41) is 15.4. The maximum absolute atomic E-state index is 13.3. The third kappa shape index (κ3) is 3.98. The molecule has 6 nitrogen and oxygen atoms in total. The number of carbonyl (C=O) groups is 1. The molecule has 3 aromatic carbocycles. The van der Waals surface area contributed by atoms with Crippen LogP contribution in [-0.4, -0.2) is 15.8 Å². The van der Waals surface area contributed by atoms with E-state index in [0.717, 1.165) is 5.56 Å². The molecule has 31 heavy (non-hydrogen) atoms. The molecule has 0 radical (unpaired) electrons. The summed E-state index contributed by atoms with van der Waals surface area (Å²) in [5.74, 6) is -0.357. The first-order valence-corrected chi connectivity index (χ1v) is 9.94. The lowest BCUT2D eigenvalue weighted by Crippen LogP contribution is -2.15. The number of hydrogen-bond acceptors (Lipinski definition) is 4. The van der Waals surface area contributed by atoms with Crippen LogP contribution in [0, 0.1) is 24.0 Å². The molecule has 0 aliphatic rings. The Morgan fingerprint density at radius 2 is 1.74 bits per heavy atom. The molecule has 1 amide bonds. The quantitative estimate of drug-likeness (QED) is 0.302. The van der Waals surface area contributed by atoms with Crippen molar-refractivity contribution in [1.29, 1.82) is 0 Å². The number of benzene rings is 3. The van der Waals surface area contributed by atoms with E-state index in [0.29, 0.717) is 44.0 Å². The molecule has 1 aromatic heterocycles. The fourth-order valence-electron chi connectivity index (χ4n) is 3.57. The Morgan fingerprint density at radius 1 is 1.03 bits per heavy atom. The number of aromatic nitrogens is 1. The molecule has 4 aromatic rings. The van der Waals surface area contributed by atoms with E-state index in [1.54, 1.807) is 31.2 Å². The van der Waals surface area contributed by atoms with Crippen LogP contribution in [0.1, 0.15) is 21.5 Å². The van der Waals surface area contributed by atoms with Gasteiger partial charge in [-0.25, -0.2) is 4.98 Å². The second-order valence-electron chi connectivity index (χ2n) is 7.20. The summed E-state index contributed by atoms with van der Waals surface area (Å²) in [6, 6.07) is 19.3. The summed E-state index contributed by atoms with van der Waals surface area (Å²) in [7, 11) is 0. The molecule has 4 rings (SSSR count). The number of amides is 1. The predicted octanol–water partition coefficient (Wildman–Crippen LogP) is 6.33. The Kier molecular flexibility index (Phi) is 5.40. The number of nitrogens with zero attached hydrogens (tertiary/aromatic N) is 2. The zero-order valence-electron chi connectivity index (χ0n) is 16.8. The van der Waals surface area contributed by atoms with Crippen molar-refractivity contribution in [2.75, 3.05) is 5.32 Å². The van der Waals surface area contributed by atoms with E-state index in [9.17, 15) is 14.9 Å². The highest BCUT2D eigenvalue weighted by atomic mass is 35.5. The van der Waals surface area contributed by atoms with Crippen molar-refractivity contribution in [1.82, 2.24) is 4.98 Å². The van der Waals surface area contributed by atoms with Crippen LogP contribution in [0.15, 0.2) is 66.7 Å². The first kappa shape index (κ1) is 20.5. The van der Waals surface area contributed by atoms with Gasteiger partial charge in [0.15, 0.2) is 0 Å². The molecule has 0 aliphatic carbocycles. The molecule has 0 unspecified atom stereocenters. The van der Waals surface area contributed by atoms with Crippen LogP contribution >= 0.6 is 11.6 Å². The molecule has 0 fully saturated rings. The summed E-state index contributed by atoms with van der Waals surface area (Å²) in [6.07, 6.45) is 0. The highest BCUT2D eigenvalue weighted by molar-refractivity contribution is 6.30. The molecule has 154 valence electrons. The van der Waals surface area contributed by atoms with Gasteiger partial charge in [0, 0.05) is 33.3 Å². The number of pyridine rings is 1. The maximum atomic E-state index is 13.3. The van der Waals surface area contributed by atoms with Crippen molar-refractivity contribution in [3.8, 4) is 11.3 Å². The van der Waals surface area contributed by atoms with Crippen molar-refractivity contribution >= 4 is 39.8 Å². The number of para-hydroxylation sites is 1. The molecule has 0 atom stereocenters. The summed E-state index contributed by atoms with van der Waals surface area (Å²) in [6.45, 7) is 3.50. The standard InChI is InChI=1S/C24H18ClN3O3/c1-14-7-12-18(13-21(14)28(30)31)26-24(29)22-15(2)23(16-8-10-17(25)11-9-16)27-20-6-4-3-5-19(20)22/h3-13H,1-2H3,(H,26,29). The van der Waals surface area contributed by atoms with E-state index in [4.69, 9.17) is 16.6 Å². The van der Waals surface area contributed by atoms with Gasteiger partial charge in [-0.3, -0.25) is 14.9 Å². The molecule has 0 saturated carbocycles. The molecule has 7 heteroatoms. The Balaban J connectivity index is 1.83. The number of nitro benzene ring substituents is 1. The zero-order valence-corrected chi connectivity index (χ0v) is 17.6. The monoisotopic (exact) mass is 431 g/mol. The number of nitrogens with one attached hydrogen (secondary N) is 1. The lowest BCUT2D eigenvalue weighted by molar-refractivity contribution is -0.385. The maximum Gasteiger partial charge on any atom is 0.274 e. The largest absolute Gasteiger partial charge is 0.322 e. The molecule has 0 spiro atoms. The van der Waals surface area contributed by atoms with E-state index < -0.39 is 4.92 Å². The minimum absolute atomic E-state index is 0.0454. The molecule has 0 bridgehead atoms. The Bertz CT molecular complexity index is 1330. The SMILES string of the molecule is Cc1ccc(NC(=O)c2c(C)c(-c3ccc(Cl)cc3)nc3ccccc23)cc1[N+](=O)[O-]. The van der Waals surface area contributed by atoms with Gasteiger partial charge in [0.25, 0.3) is 11.6 Å². The molecule has 1 heterocycles. The highest BCUT2D eigenvalue weighted by Crippen LogP contribution is 2.31. The smallest absolute Gasteiger partial charge is 0.274 e. The van der Waals surface area contributed by atoms with Gasteiger partial charge in [-0.05, 0) is 43.7 Å².